The van der Waals surface area contributed by atoms with Crippen LogP contribution in [0.25, 0.3) is 23.0 Å². The maximum absolute atomic E-state index is 5.58. The fraction of sp³-hybridized carbons (Fsp3) is 0.167. The van der Waals surface area contributed by atoms with Crippen molar-refractivity contribution in [2.24, 2.45) is 0 Å². The van der Waals surface area contributed by atoms with Gasteiger partial charge in [-0.3, -0.25) is 0 Å². The lowest BCUT2D eigenvalue weighted by atomic mass is 10.1. The summed E-state index contributed by atoms with van der Waals surface area (Å²) < 4.78 is 14.9. The maximum Gasteiger partial charge on any atom is 0.284 e. The lowest BCUT2D eigenvalue weighted by molar-refractivity contribution is 0.308. The van der Waals surface area contributed by atoms with Gasteiger partial charge in [0.25, 0.3) is 5.89 Å². The molecule has 0 unspecified atom stereocenters. The van der Waals surface area contributed by atoms with Crippen LogP contribution in [0, 0.1) is 6.92 Å². The highest BCUT2D eigenvalue weighted by molar-refractivity contribution is 5.67. The summed E-state index contributed by atoms with van der Waals surface area (Å²) in [6.45, 7) is 1.97. The van der Waals surface area contributed by atoms with Gasteiger partial charge in [-0.15, -0.1) is 0 Å². The number of hydrogen-bond acceptors (Lipinski definition) is 8. The molecule has 102 valence electrons. The van der Waals surface area contributed by atoms with Gasteiger partial charge in [0.15, 0.2) is 0 Å². The minimum Gasteiger partial charge on any atom is -0.496 e. The predicted octanol–water partition coefficient (Wildman–Crippen LogP) is 1.69. The molecule has 0 saturated carbocycles. The Balaban J connectivity index is 2.05. The van der Waals surface area contributed by atoms with Crippen molar-refractivity contribution >= 4 is 5.82 Å². The highest BCUT2D eigenvalue weighted by Gasteiger charge is 2.19. The second-order valence-electron chi connectivity index (χ2n) is 4.12. The SMILES string of the molecule is COc1cc(C)ccc1-c1noc(-c2nonc2N)n1. The molecule has 0 saturated heterocycles. The zero-order valence-electron chi connectivity index (χ0n) is 10.8. The number of benzene rings is 1. The average Bonchev–Trinajstić information content (AvgIpc) is 3.07. The predicted molar refractivity (Wildman–Crippen MR) is 68.7 cm³/mol. The van der Waals surface area contributed by atoms with E-state index in [0.717, 1.165) is 5.56 Å². The molecule has 0 aliphatic rings. The molecule has 0 aliphatic carbocycles. The highest BCUT2D eigenvalue weighted by Crippen LogP contribution is 2.30. The molecule has 0 fully saturated rings. The first kappa shape index (κ1) is 12.2. The Labute approximate surface area is 113 Å². The lowest BCUT2D eigenvalue weighted by Crippen LogP contribution is -1.91. The van der Waals surface area contributed by atoms with E-state index in [-0.39, 0.29) is 17.4 Å². The third-order valence-electron chi connectivity index (χ3n) is 2.74. The first-order valence-corrected chi connectivity index (χ1v) is 5.76. The smallest absolute Gasteiger partial charge is 0.284 e. The number of aryl methyl sites for hydroxylation is 1. The third kappa shape index (κ3) is 1.96. The minimum absolute atomic E-state index is 0.0936. The topological polar surface area (TPSA) is 113 Å². The fourth-order valence-electron chi connectivity index (χ4n) is 1.76. The highest BCUT2D eigenvalue weighted by atomic mass is 16.6. The molecule has 3 rings (SSSR count). The Morgan fingerprint density at radius 3 is 2.75 bits per heavy atom. The molecule has 2 heterocycles. The number of methoxy groups -OCH3 is 1. The van der Waals surface area contributed by atoms with E-state index >= 15 is 0 Å². The Morgan fingerprint density at radius 2 is 2.05 bits per heavy atom. The van der Waals surface area contributed by atoms with Gasteiger partial charge >= 0.3 is 0 Å². The van der Waals surface area contributed by atoms with E-state index < -0.39 is 0 Å². The van der Waals surface area contributed by atoms with Crippen molar-refractivity contribution in [1.82, 2.24) is 20.5 Å². The maximum atomic E-state index is 5.58. The van der Waals surface area contributed by atoms with E-state index in [1.54, 1.807) is 7.11 Å². The van der Waals surface area contributed by atoms with E-state index in [1.165, 1.54) is 0 Å². The van der Waals surface area contributed by atoms with Gasteiger partial charge in [-0.25, -0.2) is 4.63 Å². The summed E-state index contributed by atoms with van der Waals surface area (Å²) in [5.41, 5.74) is 7.57. The summed E-state index contributed by atoms with van der Waals surface area (Å²) >= 11 is 0. The van der Waals surface area contributed by atoms with Gasteiger partial charge in [0, 0.05) is 0 Å². The lowest BCUT2D eigenvalue weighted by Gasteiger charge is -2.05. The molecular formula is C12H11N5O3. The molecule has 1 aromatic carbocycles. The van der Waals surface area contributed by atoms with Crippen LogP contribution in [0.15, 0.2) is 27.4 Å². The molecule has 8 heteroatoms. The summed E-state index contributed by atoms with van der Waals surface area (Å²) in [6.07, 6.45) is 0. The Morgan fingerprint density at radius 1 is 1.20 bits per heavy atom. The number of nitrogens with zero attached hydrogens (tertiary/aromatic N) is 4. The second-order valence-corrected chi connectivity index (χ2v) is 4.12. The molecule has 0 bridgehead atoms. The van der Waals surface area contributed by atoms with Gasteiger partial charge in [-0.2, -0.15) is 4.98 Å². The third-order valence-corrected chi connectivity index (χ3v) is 2.74. The molecule has 20 heavy (non-hydrogen) atoms. The summed E-state index contributed by atoms with van der Waals surface area (Å²) in [5.74, 6) is 1.26. The summed E-state index contributed by atoms with van der Waals surface area (Å²) in [7, 11) is 1.58. The van der Waals surface area contributed by atoms with E-state index in [2.05, 4.69) is 25.1 Å². The van der Waals surface area contributed by atoms with Gasteiger partial charge in [0.1, 0.15) is 5.75 Å². The number of ether oxygens (including phenoxy) is 1. The molecule has 2 N–H and O–H groups in total. The van der Waals surface area contributed by atoms with Crippen LogP contribution in [0.3, 0.4) is 0 Å². The van der Waals surface area contributed by atoms with Crippen molar-refractivity contribution in [2.45, 2.75) is 6.92 Å². The van der Waals surface area contributed by atoms with Gasteiger partial charge in [0.2, 0.25) is 17.3 Å². The van der Waals surface area contributed by atoms with Crippen molar-refractivity contribution in [3.63, 3.8) is 0 Å². The second kappa shape index (κ2) is 4.65. The van der Waals surface area contributed by atoms with Gasteiger partial charge < -0.3 is 15.0 Å². The van der Waals surface area contributed by atoms with Gasteiger partial charge in [0.05, 0.1) is 12.7 Å². The van der Waals surface area contributed by atoms with Crippen LogP contribution in [0.4, 0.5) is 5.82 Å². The number of nitrogens with two attached hydrogens (primary N) is 1. The fourth-order valence-corrected chi connectivity index (χ4v) is 1.76. The molecule has 0 radical (unpaired) electrons. The molecule has 0 spiro atoms. The number of nitrogen functional groups attached to an aromatic ring is 1. The average molecular weight is 273 g/mol. The molecular weight excluding hydrogens is 262 g/mol. The van der Waals surface area contributed by atoms with E-state index in [1.807, 2.05) is 25.1 Å². The molecule has 3 aromatic rings. The Bertz CT molecular complexity index is 749. The van der Waals surface area contributed by atoms with Gasteiger partial charge in [-0.1, -0.05) is 11.2 Å². The van der Waals surface area contributed by atoms with E-state index in [0.29, 0.717) is 17.1 Å². The Hall–Kier alpha value is -2.90. The molecule has 0 atom stereocenters. The Kier molecular flexibility index (Phi) is 2.82. The normalized spacial score (nSPS) is 10.7. The first-order chi connectivity index (χ1) is 9.69. The molecule has 2 aromatic heterocycles. The molecule has 0 aliphatic heterocycles. The largest absolute Gasteiger partial charge is 0.496 e. The number of aromatic nitrogens is 4. The van der Waals surface area contributed by atoms with Crippen molar-refractivity contribution in [3.8, 4) is 28.7 Å². The van der Waals surface area contributed by atoms with Crippen molar-refractivity contribution in [3.05, 3.63) is 23.8 Å². The van der Waals surface area contributed by atoms with Crippen molar-refractivity contribution in [1.29, 1.82) is 0 Å². The van der Waals surface area contributed by atoms with E-state index in [9.17, 15) is 0 Å². The molecule has 0 amide bonds. The quantitative estimate of drug-likeness (QED) is 0.766. The van der Waals surface area contributed by atoms with Crippen LogP contribution < -0.4 is 10.5 Å². The zero-order valence-corrected chi connectivity index (χ0v) is 10.8. The van der Waals surface area contributed by atoms with E-state index in [4.69, 9.17) is 15.0 Å². The first-order valence-electron chi connectivity index (χ1n) is 5.76. The minimum atomic E-state index is 0.0936. The molecule has 8 nitrogen and oxygen atoms in total. The van der Waals surface area contributed by atoms with Crippen LogP contribution in [0.1, 0.15) is 5.56 Å². The number of hydrogen-bond donors (Lipinski definition) is 1. The van der Waals surface area contributed by atoms with Crippen LogP contribution in [-0.4, -0.2) is 27.6 Å². The van der Waals surface area contributed by atoms with Gasteiger partial charge in [-0.05, 0) is 34.9 Å². The number of anilines is 1. The standard InChI is InChI=1S/C12H11N5O3/c1-6-3-4-7(8(5-6)18-2)11-14-12(19-17-11)9-10(13)16-20-15-9/h3-5H,1-2H3,(H2,13,16). The van der Waals surface area contributed by atoms with Crippen LogP contribution in [0.5, 0.6) is 5.75 Å². The monoisotopic (exact) mass is 273 g/mol. The van der Waals surface area contributed by atoms with Crippen molar-refractivity contribution in [2.75, 3.05) is 12.8 Å². The van der Waals surface area contributed by atoms with Crippen LogP contribution >= 0.6 is 0 Å². The summed E-state index contributed by atoms with van der Waals surface area (Å²) in [4.78, 5) is 4.22. The van der Waals surface area contributed by atoms with Crippen LogP contribution in [-0.2, 0) is 0 Å². The summed E-state index contributed by atoms with van der Waals surface area (Å²) in [5, 5.41) is 11.0. The number of rotatable bonds is 3. The van der Waals surface area contributed by atoms with Crippen molar-refractivity contribution < 1.29 is 13.9 Å². The zero-order chi connectivity index (χ0) is 14.1. The summed E-state index contributed by atoms with van der Waals surface area (Å²) in [6, 6.07) is 5.67. The van der Waals surface area contributed by atoms with Crippen LogP contribution in [0.2, 0.25) is 0 Å².